The summed E-state index contributed by atoms with van der Waals surface area (Å²) in [5, 5.41) is 8.39. The fourth-order valence-corrected chi connectivity index (χ4v) is 3.47. The second-order valence-electron chi connectivity index (χ2n) is 6.75. The number of benzene rings is 1. The monoisotopic (exact) mass is 369 g/mol. The molecule has 2 heterocycles. The van der Waals surface area contributed by atoms with Gasteiger partial charge in [0.25, 0.3) is 0 Å². The van der Waals surface area contributed by atoms with E-state index in [4.69, 9.17) is 9.26 Å². The Hall–Kier alpha value is -2.96. The van der Waals surface area contributed by atoms with Crippen molar-refractivity contribution in [3.05, 3.63) is 64.1 Å². The number of hydrogen-bond donors (Lipinski definition) is 0. The van der Waals surface area contributed by atoms with Crippen LogP contribution < -0.4 is 0 Å². The molecular weight excluding hydrogens is 349 g/mol. The van der Waals surface area contributed by atoms with E-state index in [0.717, 1.165) is 48.2 Å². The van der Waals surface area contributed by atoms with Crippen LogP contribution in [-0.4, -0.2) is 20.9 Å². The molecule has 7 heteroatoms. The molecule has 2 aromatic heterocycles. The Morgan fingerprint density at radius 3 is 2.67 bits per heavy atom. The van der Waals surface area contributed by atoms with Crippen LogP contribution in [-0.2, 0) is 24.2 Å². The summed E-state index contributed by atoms with van der Waals surface area (Å²) >= 11 is 0. The van der Waals surface area contributed by atoms with Crippen LogP contribution in [0.15, 0.2) is 28.8 Å². The zero-order valence-electron chi connectivity index (χ0n) is 15.3. The van der Waals surface area contributed by atoms with E-state index in [9.17, 15) is 9.18 Å². The molecule has 0 saturated carbocycles. The topological polar surface area (TPSA) is 70.2 Å². The largest absolute Gasteiger partial charge is 0.456 e. The van der Waals surface area contributed by atoms with Crippen LogP contribution >= 0.6 is 0 Å². The van der Waals surface area contributed by atoms with E-state index in [-0.39, 0.29) is 12.4 Å². The van der Waals surface area contributed by atoms with Gasteiger partial charge in [-0.15, -0.1) is 0 Å². The Morgan fingerprint density at radius 2 is 1.96 bits per heavy atom. The average molecular weight is 369 g/mol. The minimum Gasteiger partial charge on any atom is -0.456 e. The number of halogens is 1. The van der Waals surface area contributed by atoms with Gasteiger partial charge in [0.05, 0.1) is 16.9 Å². The first-order valence-corrected chi connectivity index (χ1v) is 9.00. The highest BCUT2D eigenvalue weighted by Crippen LogP contribution is 2.28. The van der Waals surface area contributed by atoms with E-state index in [2.05, 4.69) is 10.3 Å². The summed E-state index contributed by atoms with van der Waals surface area (Å²) in [6, 6.07) is 6.11. The molecule has 0 aliphatic heterocycles. The van der Waals surface area contributed by atoms with Gasteiger partial charge in [-0.2, -0.15) is 5.10 Å². The van der Waals surface area contributed by atoms with Crippen LogP contribution in [0, 0.1) is 19.7 Å². The number of carbonyl (C=O) groups is 1. The second kappa shape index (κ2) is 6.98. The van der Waals surface area contributed by atoms with Crippen molar-refractivity contribution in [2.45, 2.75) is 46.1 Å². The van der Waals surface area contributed by atoms with E-state index in [1.807, 2.05) is 6.92 Å². The first-order valence-electron chi connectivity index (χ1n) is 9.00. The number of aryl methyl sites for hydroxylation is 2. The normalized spacial score (nSPS) is 13.4. The van der Waals surface area contributed by atoms with E-state index in [1.165, 1.54) is 12.1 Å². The molecule has 1 aromatic carbocycles. The third-order valence-corrected chi connectivity index (χ3v) is 4.97. The number of carbonyl (C=O) groups excluding carboxylic acids is 1. The highest BCUT2D eigenvalue weighted by molar-refractivity contribution is 5.89. The van der Waals surface area contributed by atoms with Crippen LogP contribution in [0.4, 0.5) is 4.39 Å². The first kappa shape index (κ1) is 17.5. The maximum Gasteiger partial charge on any atom is 0.359 e. The van der Waals surface area contributed by atoms with Gasteiger partial charge in [-0.1, -0.05) is 5.16 Å². The zero-order chi connectivity index (χ0) is 19.0. The smallest absolute Gasteiger partial charge is 0.359 e. The highest BCUT2D eigenvalue weighted by Gasteiger charge is 2.27. The minimum atomic E-state index is -0.464. The lowest BCUT2D eigenvalue weighted by atomic mass is 9.95. The highest BCUT2D eigenvalue weighted by atomic mass is 19.1. The Morgan fingerprint density at radius 1 is 1.22 bits per heavy atom. The number of ether oxygens (including phenoxy) is 1. The van der Waals surface area contributed by atoms with Crippen molar-refractivity contribution < 1.29 is 18.4 Å². The van der Waals surface area contributed by atoms with E-state index in [1.54, 1.807) is 23.7 Å². The van der Waals surface area contributed by atoms with Crippen molar-refractivity contribution in [2.24, 2.45) is 0 Å². The molecule has 140 valence electrons. The number of esters is 1. The number of hydrogen-bond acceptors (Lipinski definition) is 5. The van der Waals surface area contributed by atoms with Crippen LogP contribution in [0.3, 0.4) is 0 Å². The summed E-state index contributed by atoms with van der Waals surface area (Å²) in [7, 11) is 0. The molecule has 0 saturated heterocycles. The Bertz CT molecular complexity index is 969. The lowest BCUT2D eigenvalue weighted by molar-refractivity contribution is 0.0462. The fraction of sp³-hybridized carbons (Fsp3) is 0.350. The van der Waals surface area contributed by atoms with Gasteiger partial charge < -0.3 is 9.26 Å². The van der Waals surface area contributed by atoms with Gasteiger partial charge in [-0.05, 0) is 63.8 Å². The van der Waals surface area contributed by atoms with Crippen LogP contribution in [0.1, 0.15) is 51.6 Å². The van der Waals surface area contributed by atoms with Crippen molar-refractivity contribution in [1.82, 2.24) is 14.9 Å². The van der Waals surface area contributed by atoms with Crippen LogP contribution in [0.25, 0.3) is 5.69 Å². The molecule has 3 aromatic rings. The molecule has 4 rings (SSSR count). The van der Waals surface area contributed by atoms with Crippen molar-refractivity contribution in [3.8, 4) is 5.69 Å². The van der Waals surface area contributed by atoms with Crippen LogP contribution in [0.5, 0.6) is 0 Å². The zero-order valence-corrected chi connectivity index (χ0v) is 15.3. The Balaban J connectivity index is 1.64. The SMILES string of the molecule is Cc1noc(C)c1COC(=O)c1nn(-c2ccc(F)cc2)c2c1CCCC2. The van der Waals surface area contributed by atoms with Crippen molar-refractivity contribution >= 4 is 5.97 Å². The van der Waals surface area contributed by atoms with Gasteiger partial charge in [-0.25, -0.2) is 13.9 Å². The molecule has 27 heavy (non-hydrogen) atoms. The predicted molar refractivity (Wildman–Crippen MR) is 95.3 cm³/mol. The molecular formula is C20H20FN3O3. The summed E-state index contributed by atoms with van der Waals surface area (Å²) in [5.74, 6) is -0.132. The Labute approximate surface area is 155 Å². The standard InChI is InChI=1S/C20H20FN3O3/c1-12-17(13(2)27-23-12)11-26-20(25)19-16-5-3-4-6-18(16)24(22-19)15-9-7-14(21)8-10-15/h7-10H,3-6,11H2,1-2H3. The third kappa shape index (κ3) is 3.25. The quantitative estimate of drug-likeness (QED) is 0.653. The molecule has 0 bridgehead atoms. The van der Waals surface area contributed by atoms with Gasteiger partial charge in [0, 0.05) is 11.3 Å². The third-order valence-electron chi connectivity index (χ3n) is 4.97. The van der Waals surface area contributed by atoms with Crippen molar-refractivity contribution in [3.63, 3.8) is 0 Å². The van der Waals surface area contributed by atoms with Gasteiger partial charge in [0.2, 0.25) is 0 Å². The molecule has 0 fully saturated rings. The molecule has 0 N–H and O–H groups in total. The van der Waals surface area contributed by atoms with Gasteiger partial charge in [0.15, 0.2) is 5.69 Å². The Kier molecular flexibility index (Phi) is 4.51. The van der Waals surface area contributed by atoms with E-state index in [0.29, 0.717) is 17.1 Å². The second-order valence-corrected chi connectivity index (χ2v) is 6.75. The molecule has 0 spiro atoms. The molecule has 6 nitrogen and oxygen atoms in total. The van der Waals surface area contributed by atoms with E-state index >= 15 is 0 Å². The minimum absolute atomic E-state index is 0.0954. The lowest BCUT2D eigenvalue weighted by Crippen LogP contribution is -2.11. The molecule has 0 atom stereocenters. The number of aromatic nitrogens is 3. The maximum absolute atomic E-state index is 13.3. The number of fused-ring (bicyclic) bond motifs is 1. The molecule has 1 aliphatic rings. The number of nitrogens with zero attached hydrogens (tertiary/aromatic N) is 3. The molecule has 1 aliphatic carbocycles. The summed E-state index contributed by atoms with van der Waals surface area (Å²) in [4.78, 5) is 12.7. The summed E-state index contributed by atoms with van der Waals surface area (Å²) in [6.07, 6.45) is 3.66. The van der Waals surface area contributed by atoms with Crippen molar-refractivity contribution in [2.75, 3.05) is 0 Å². The molecule has 0 amide bonds. The fourth-order valence-electron chi connectivity index (χ4n) is 3.47. The lowest BCUT2D eigenvalue weighted by Gasteiger charge is -2.14. The molecule has 0 radical (unpaired) electrons. The number of rotatable bonds is 4. The van der Waals surface area contributed by atoms with Gasteiger partial charge in [0.1, 0.15) is 18.2 Å². The summed E-state index contributed by atoms with van der Waals surface area (Å²) < 4.78 is 25.6. The summed E-state index contributed by atoms with van der Waals surface area (Å²) in [6.45, 7) is 3.69. The van der Waals surface area contributed by atoms with Crippen LogP contribution in [0.2, 0.25) is 0 Å². The van der Waals surface area contributed by atoms with E-state index < -0.39 is 5.97 Å². The average Bonchev–Trinajstić information content (AvgIpc) is 3.21. The molecule has 0 unspecified atom stereocenters. The summed E-state index contributed by atoms with van der Waals surface area (Å²) in [5.41, 5.74) is 4.47. The predicted octanol–water partition coefficient (Wildman–Crippen LogP) is 3.85. The van der Waals surface area contributed by atoms with Gasteiger partial charge in [-0.3, -0.25) is 0 Å². The maximum atomic E-state index is 13.3. The first-order chi connectivity index (χ1) is 13.0. The van der Waals surface area contributed by atoms with Gasteiger partial charge >= 0.3 is 5.97 Å². The van der Waals surface area contributed by atoms with Crippen molar-refractivity contribution in [1.29, 1.82) is 0 Å².